The van der Waals surface area contributed by atoms with E-state index in [1.54, 1.807) is 18.2 Å². The number of hydrogen-bond acceptors (Lipinski definition) is 3. The predicted octanol–water partition coefficient (Wildman–Crippen LogP) is 5.45. The number of ketones is 1. The van der Waals surface area contributed by atoms with Crippen molar-refractivity contribution in [3.63, 3.8) is 0 Å². The highest BCUT2D eigenvalue weighted by molar-refractivity contribution is 9.11. The molecule has 0 spiro atoms. The number of benzene rings is 1. The van der Waals surface area contributed by atoms with Crippen molar-refractivity contribution in [1.29, 1.82) is 0 Å². The second-order valence-corrected chi connectivity index (χ2v) is 7.03. The predicted molar refractivity (Wildman–Crippen MR) is 81.4 cm³/mol. The zero-order valence-corrected chi connectivity index (χ0v) is 13.0. The molecule has 1 aromatic carbocycles. The van der Waals surface area contributed by atoms with E-state index in [4.69, 9.17) is 16.0 Å². The summed E-state index contributed by atoms with van der Waals surface area (Å²) in [4.78, 5) is 13.1. The van der Waals surface area contributed by atoms with Crippen LogP contribution in [0.25, 0.3) is 11.0 Å². The third-order valence-corrected chi connectivity index (χ3v) is 4.76. The molecule has 0 N–H and O–H groups in total. The third-order valence-electron chi connectivity index (χ3n) is 2.90. The molecule has 0 radical (unpaired) electrons. The second kappa shape index (κ2) is 4.78. The van der Waals surface area contributed by atoms with Crippen molar-refractivity contribution in [1.82, 2.24) is 0 Å². The number of carbonyl (C=O) groups excluding carboxylic acids is 1. The molecule has 5 heteroatoms. The Morgan fingerprint density at radius 1 is 1.32 bits per heavy atom. The van der Waals surface area contributed by atoms with Gasteiger partial charge in [-0.3, -0.25) is 4.79 Å². The van der Waals surface area contributed by atoms with Gasteiger partial charge in [0.2, 0.25) is 5.78 Å². The summed E-state index contributed by atoms with van der Waals surface area (Å²) >= 11 is 10.7. The van der Waals surface area contributed by atoms with E-state index in [0.29, 0.717) is 21.2 Å². The van der Waals surface area contributed by atoms with Crippen molar-refractivity contribution < 1.29 is 9.21 Å². The number of furan rings is 1. The fourth-order valence-corrected chi connectivity index (χ4v) is 3.45. The lowest BCUT2D eigenvalue weighted by molar-refractivity contribution is 0.101. The van der Waals surface area contributed by atoms with Crippen LogP contribution in [0.1, 0.15) is 21.0 Å². The molecule has 96 valence electrons. The highest BCUT2D eigenvalue weighted by Gasteiger charge is 2.20. The van der Waals surface area contributed by atoms with Gasteiger partial charge in [0, 0.05) is 16.0 Å². The van der Waals surface area contributed by atoms with E-state index >= 15 is 0 Å². The van der Waals surface area contributed by atoms with Crippen molar-refractivity contribution in [3.8, 4) is 0 Å². The van der Waals surface area contributed by atoms with Crippen LogP contribution in [0, 0.1) is 6.92 Å². The Morgan fingerprint density at radius 3 is 2.79 bits per heavy atom. The highest BCUT2D eigenvalue weighted by atomic mass is 79.9. The van der Waals surface area contributed by atoms with Gasteiger partial charge in [0.25, 0.3) is 0 Å². The second-order valence-electron chi connectivity index (χ2n) is 4.13. The van der Waals surface area contributed by atoms with Gasteiger partial charge in [-0.15, -0.1) is 11.3 Å². The zero-order valence-electron chi connectivity index (χ0n) is 9.87. The standard InChI is InChI=1S/C14H8BrClO2S/c1-7-9-6-8(16)2-3-10(9)18-14(7)13(17)11-4-5-12(15)19-11/h2-6H,1H3. The van der Waals surface area contributed by atoms with Crippen LogP contribution in [0.4, 0.5) is 0 Å². The Kier molecular flexibility index (Phi) is 3.25. The van der Waals surface area contributed by atoms with Crippen molar-refractivity contribution in [2.45, 2.75) is 6.92 Å². The number of halogens is 2. The summed E-state index contributed by atoms with van der Waals surface area (Å²) in [7, 11) is 0. The minimum atomic E-state index is -0.0967. The average Bonchev–Trinajstić information content (AvgIpc) is 2.94. The zero-order chi connectivity index (χ0) is 13.6. The Balaban J connectivity index is 2.15. The Morgan fingerprint density at radius 2 is 2.11 bits per heavy atom. The van der Waals surface area contributed by atoms with Crippen LogP contribution in [-0.2, 0) is 0 Å². The summed E-state index contributed by atoms with van der Waals surface area (Å²) in [6.45, 7) is 1.87. The number of fused-ring (bicyclic) bond motifs is 1. The average molecular weight is 356 g/mol. The van der Waals surface area contributed by atoms with Gasteiger partial charge in [0.1, 0.15) is 5.58 Å². The highest BCUT2D eigenvalue weighted by Crippen LogP contribution is 2.31. The number of carbonyl (C=O) groups is 1. The van der Waals surface area contributed by atoms with Gasteiger partial charge in [-0.25, -0.2) is 0 Å². The van der Waals surface area contributed by atoms with Crippen LogP contribution in [0.15, 0.2) is 38.5 Å². The lowest BCUT2D eigenvalue weighted by Gasteiger charge is -1.94. The Bertz CT molecular complexity index is 788. The van der Waals surface area contributed by atoms with E-state index in [9.17, 15) is 4.79 Å². The fourth-order valence-electron chi connectivity index (χ4n) is 1.96. The molecule has 2 heterocycles. The SMILES string of the molecule is Cc1c(C(=O)c2ccc(Br)s2)oc2ccc(Cl)cc12. The smallest absolute Gasteiger partial charge is 0.238 e. The minimum absolute atomic E-state index is 0.0967. The largest absolute Gasteiger partial charge is 0.452 e. The Hall–Kier alpha value is -1.10. The molecule has 0 saturated carbocycles. The van der Waals surface area contributed by atoms with E-state index in [2.05, 4.69) is 15.9 Å². The minimum Gasteiger partial charge on any atom is -0.452 e. The molecule has 3 aromatic rings. The summed E-state index contributed by atoms with van der Waals surface area (Å²) in [5.74, 6) is 0.284. The quantitative estimate of drug-likeness (QED) is 0.572. The van der Waals surface area contributed by atoms with Gasteiger partial charge >= 0.3 is 0 Å². The van der Waals surface area contributed by atoms with Crippen LogP contribution < -0.4 is 0 Å². The van der Waals surface area contributed by atoms with Gasteiger partial charge in [-0.05, 0) is 53.2 Å². The maximum absolute atomic E-state index is 12.4. The molecule has 0 aliphatic carbocycles. The Labute approximate surface area is 127 Å². The molecule has 2 nitrogen and oxygen atoms in total. The van der Waals surface area contributed by atoms with Gasteiger partial charge in [-0.2, -0.15) is 0 Å². The van der Waals surface area contributed by atoms with Crippen LogP contribution >= 0.6 is 38.9 Å². The topological polar surface area (TPSA) is 30.2 Å². The molecule has 0 aliphatic rings. The molecule has 0 saturated heterocycles. The summed E-state index contributed by atoms with van der Waals surface area (Å²) in [5.41, 5.74) is 1.51. The maximum atomic E-state index is 12.4. The monoisotopic (exact) mass is 354 g/mol. The van der Waals surface area contributed by atoms with Crippen LogP contribution in [0.2, 0.25) is 5.02 Å². The van der Waals surface area contributed by atoms with Gasteiger partial charge in [0.05, 0.1) is 8.66 Å². The first-order chi connectivity index (χ1) is 9.06. The first kappa shape index (κ1) is 12.9. The lowest BCUT2D eigenvalue weighted by Crippen LogP contribution is -1.98. The van der Waals surface area contributed by atoms with Gasteiger partial charge in [0.15, 0.2) is 5.76 Å². The number of rotatable bonds is 2. The first-order valence-corrected chi connectivity index (χ1v) is 7.53. The maximum Gasteiger partial charge on any atom is 0.238 e. The molecule has 0 bridgehead atoms. The van der Waals surface area contributed by atoms with E-state index < -0.39 is 0 Å². The van der Waals surface area contributed by atoms with Crippen molar-refractivity contribution >= 4 is 55.6 Å². The van der Waals surface area contributed by atoms with E-state index in [1.807, 2.05) is 19.1 Å². The van der Waals surface area contributed by atoms with E-state index in [0.717, 1.165) is 14.7 Å². The van der Waals surface area contributed by atoms with Gasteiger partial charge in [-0.1, -0.05) is 11.6 Å². The normalized spacial score (nSPS) is 11.1. The molecule has 3 rings (SSSR count). The van der Waals surface area contributed by atoms with Crippen molar-refractivity contribution in [2.24, 2.45) is 0 Å². The lowest BCUT2D eigenvalue weighted by atomic mass is 10.1. The molecule has 0 atom stereocenters. The summed E-state index contributed by atoms with van der Waals surface area (Å²) in [6, 6.07) is 8.99. The molecule has 0 amide bonds. The molecule has 0 fully saturated rings. The van der Waals surface area contributed by atoms with Crippen molar-refractivity contribution in [3.05, 3.63) is 55.3 Å². The third kappa shape index (κ3) is 2.24. The molecular weight excluding hydrogens is 348 g/mol. The number of thiophene rings is 1. The number of hydrogen-bond donors (Lipinski definition) is 0. The van der Waals surface area contributed by atoms with Crippen LogP contribution in [0.5, 0.6) is 0 Å². The molecule has 0 aliphatic heterocycles. The summed E-state index contributed by atoms with van der Waals surface area (Å²) in [6.07, 6.45) is 0. The van der Waals surface area contributed by atoms with Gasteiger partial charge < -0.3 is 4.42 Å². The summed E-state index contributed by atoms with van der Waals surface area (Å²) in [5, 5.41) is 1.51. The fraction of sp³-hybridized carbons (Fsp3) is 0.0714. The molecular formula is C14H8BrClO2S. The molecule has 0 unspecified atom stereocenters. The van der Waals surface area contributed by atoms with Crippen LogP contribution in [-0.4, -0.2) is 5.78 Å². The van der Waals surface area contributed by atoms with Crippen LogP contribution in [0.3, 0.4) is 0 Å². The van der Waals surface area contributed by atoms with E-state index in [-0.39, 0.29) is 5.78 Å². The number of aryl methyl sites for hydroxylation is 1. The van der Waals surface area contributed by atoms with E-state index in [1.165, 1.54) is 11.3 Å². The first-order valence-electron chi connectivity index (χ1n) is 5.55. The summed E-state index contributed by atoms with van der Waals surface area (Å²) < 4.78 is 6.59. The van der Waals surface area contributed by atoms with Crippen molar-refractivity contribution in [2.75, 3.05) is 0 Å². The molecule has 19 heavy (non-hydrogen) atoms. The molecule has 2 aromatic heterocycles.